The third kappa shape index (κ3) is 3.65. The van der Waals surface area contributed by atoms with Crippen LogP contribution in [0.5, 0.6) is 0 Å². The number of anilines is 2. The molecule has 1 aliphatic heterocycles. The number of rotatable bonds is 5. The van der Waals surface area contributed by atoms with Crippen molar-refractivity contribution in [2.75, 3.05) is 25.5 Å². The van der Waals surface area contributed by atoms with E-state index in [1.807, 2.05) is 23.3 Å². The number of likely N-dealkylation sites (tertiary alicyclic amines) is 1. The second-order valence-electron chi connectivity index (χ2n) is 5.46. The molecule has 1 atom stereocenters. The number of aromatic nitrogens is 3. The fourth-order valence-corrected chi connectivity index (χ4v) is 3.38. The number of hydrogen-bond donors (Lipinski definition) is 2. The van der Waals surface area contributed by atoms with Crippen molar-refractivity contribution >= 4 is 28.2 Å². The first-order chi connectivity index (χ1) is 11.2. The van der Waals surface area contributed by atoms with Crippen molar-refractivity contribution < 1.29 is 4.79 Å². The smallest absolute Gasteiger partial charge is 0.237 e. The number of aryl methyl sites for hydroxylation is 1. The molecule has 2 aromatic rings. The molecule has 2 aromatic heterocycles. The number of hydrogen-bond acceptors (Lipinski definition) is 7. The molecule has 3 rings (SSSR count). The molecule has 1 saturated heterocycles. The Morgan fingerprint density at radius 1 is 1.48 bits per heavy atom. The summed E-state index contributed by atoms with van der Waals surface area (Å²) in [6, 6.07) is 1.94. The normalized spacial score (nSPS) is 17.5. The average molecular weight is 332 g/mol. The number of thiazole rings is 1. The average Bonchev–Trinajstić information content (AvgIpc) is 3.17. The maximum absolute atomic E-state index is 12.3. The van der Waals surface area contributed by atoms with E-state index in [4.69, 9.17) is 0 Å². The summed E-state index contributed by atoms with van der Waals surface area (Å²) in [5.74, 6) is 1.52. The van der Waals surface area contributed by atoms with Crippen molar-refractivity contribution in [1.82, 2.24) is 25.2 Å². The zero-order chi connectivity index (χ0) is 16.2. The Morgan fingerprint density at radius 3 is 3.09 bits per heavy atom. The highest BCUT2D eigenvalue weighted by atomic mass is 32.1. The van der Waals surface area contributed by atoms with E-state index in [1.165, 1.54) is 11.3 Å². The Balaban J connectivity index is 1.84. The summed E-state index contributed by atoms with van der Waals surface area (Å²) >= 11 is 1.52. The van der Waals surface area contributed by atoms with Crippen molar-refractivity contribution in [3.63, 3.8) is 0 Å². The SMILES string of the molecule is CNCC(=O)N1CCC[C@@H]1c1cc(Nc2nccs2)nc(C)n1. The number of likely N-dealkylation sites (N-methyl/N-ethyl adjacent to an activating group) is 1. The summed E-state index contributed by atoms with van der Waals surface area (Å²) in [4.78, 5) is 27.3. The lowest BCUT2D eigenvalue weighted by Crippen LogP contribution is -2.37. The Kier molecular flexibility index (Phi) is 4.82. The van der Waals surface area contributed by atoms with Crippen LogP contribution in [0.3, 0.4) is 0 Å². The summed E-state index contributed by atoms with van der Waals surface area (Å²) in [5, 5.41) is 8.83. The largest absolute Gasteiger partial charge is 0.333 e. The second-order valence-corrected chi connectivity index (χ2v) is 6.36. The highest BCUT2D eigenvalue weighted by Gasteiger charge is 2.31. The molecule has 0 saturated carbocycles. The molecular formula is C15H20N6OS. The first-order valence-corrected chi connectivity index (χ1v) is 8.51. The minimum Gasteiger partial charge on any atom is -0.333 e. The summed E-state index contributed by atoms with van der Waals surface area (Å²) in [5.41, 5.74) is 0.888. The van der Waals surface area contributed by atoms with Crippen LogP contribution in [0.2, 0.25) is 0 Å². The molecule has 23 heavy (non-hydrogen) atoms. The molecule has 1 aliphatic rings. The van der Waals surface area contributed by atoms with Crippen LogP contribution in [0, 0.1) is 6.92 Å². The van der Waals surface area contributed by atoms with E-state index in [2.05, 4.69) is 25.6 Å². The van der Waals surface area contributed by atoms with Gasteiger partial charge in [-0.15, -0.1) is 11.3 Å². The molecule has 0 aromatic carbocycles. The van der Waals surface area contributed by atoms with Gasteiger partial charge in [0, 0.05) is 24.2 Å². The van der Waals surface area contributed by atoms with E-state index in [0.29, 0.717) is 12.4 Å². The number of carbonyl (C=O) groups is 1. The fourth-order valence-electron chi connectivity index (χ4n) is 2.85. The van der Waals surface area contributed by atoms with E-state index in [1.54, 1.807) is 13.2 Å². The van der Waals surface area contributed by atoms with Gasteiger partial charge in [-0.25, -0.2) is 15.0 Å². The molecule has 0 radical (unpaired) electrons. The lowest BCUT2D eigenvalue weighted by atomic mass is 10.1. The highest BCUT2D eigenvalue weighted by Crippen LogP contribution is 2.32. The molecule has 2 N–H and O–H groups in total. The zero-order valence-corrected chi connectivity index (χ0v) is 14.1. The van der Waals surface area contributed by atoms with Gasteiger partial charge in [0.2, 0.25) is 5.91 Å². The maximum atomic E-state index is 12.3. The van der Waals surface area contributed by atoms with Gasteiger partial charge in [0.15, 0.2) is 5.13 Å². The summed E-state index contributed by atoms with van der Waals surface area (Å²) in [6.07, 6.45) is 3.68. The number of nitrogens with one attached hydrogen (secondary N) is 2. The van der Waals surface area contributed by atoms with Crippen molar-refractivity contribution in [1.29, 1.82) is 0 Å². The minimum atomic E-state index is 0.0226. The van der Waals surface area contributed by atoms with Crippen LogP contribution in [-0.4, -0.2) is 45.9 Å². The lowest BCUT2D eigenvalue weighted by molar-refractivity contribution is -0.131. The quantitative estimate of drug-likeness (QED) is 0.870. The summed E-state index contributed by atoms with van der Waals surface area (Å²) in [6.45, 7) is 3.00. The van der Waals surface area contributed by atoms with Crippen LogP contribution in [-0.2, 0) is 4.79 Å². The van der Waals surface area contributed by atoms with Crippen LogP contribution in [0.25, 0.3) is 0 Å². The van der Waals surface area contributed by atoms with E-state index >= 15 is 0 Å². The van der Waals surface area contributed by atoms with Crippen molar-refractivity contribution in [3.05, 3.63) is 29.2 Å². The molecule has 122 valence electrons. The first-order valence-electron chi connectivity index (χ1n) is 7.63. The molecule has 0 spiro atoms. The van der Waals surface area contributed by atoms with Gasteiger partial charge in [-0.2, -0.15) is 0 Å². The van der Waals surface area contributed by atoms with E-state index in [9.17, 15) is 4.79 Å². The number of nitrogens with zero attached hydrogens (tertiary/aromatic N) is 4. The van der Waals surface area contributed by atoms with Crippen LogP contribution in [0.1, 0.15) is 30.4 Å². The molecule has 1 amide bonds. The predicted octanol–water partition coefficient (Wildman–Crippen LogP) is 1.87. The fraction of sp³-hybridized carbons (Fsp3) is 0.467. The van der Waals surface area contributed by atoms with Gasteiger partial charge in [0.25, 0.3) is 0 Å². The maximum Gasteiger partial charge on any atom is 0.237 e. The highest BCUT2D eigenvalue weighted by molar-refractivity contribution is 7.13. The van der Waals surface area contributed by atoms with E-state index in [0.717, 1.165) is 36.0 Å². The van der Waals surface area contributed by atoms with Gasteiger partial charge in [0.05, 0.1) is 18.3 Å². The van der Waals surface area contributed by atoms with Gasteiger partial charge in [-0.3, -0.25) is 4.79 Å². The van der Waals surface area contributed by atoms with Gasteiger partial charge < -0.3 is 15.5 Å². The van der Waals surface area contributed by atoms with E-state index < -0.39 is 0 Å². The second kappa shape index (κ2) is 7.01. The minimum absolute atomic E-state index is 0.0226. The third-order valence-corrected chi connectivity index (χ3v) is 4.46. The van der Waals surface area contributed by atoms with E-state index in [-0.39, 0.29) is 11.9 Å². The third-order valence-electron chi connectivity index (χ3n) is 3.77. The predicted molar refractivity (Wildman–Crippen MR) is 89.8 cm³/mol. The Bertz CT molecular complexity index is 675. The molecule has 0 bridgehead atoms. The Morgan fingerprint density at radius 2 is 2.35 bits per heavy atom. The zero-order valence-electron chi connectivity index (χ0n) is 13.2. The summed E-state index contributed by atoms with van der Waals surface area (Å²) in [7, 11) is 1.79. The number of carbonyl (C=O) groups excluding carboxylic acids is 1. The van der Waals surface area contributed by atoms with Crippen molar-refractivity contribution in [2.45, 2.75) is 25.8 Å². The topological polar surface area (TPSA) is 83.0 Å². The van der Waals surface area contributed by atoms with Gasteiger partial charge in [0.1, 0.15) is 11.6 Å². The molecular weight excluding hydrogens is 312 g/mol. The van der Waals surface area contributed by atoms with Crippen LogP contribution >= 0.6 is 11.3 Å². The van der Waals surface area contributed by atoms with Crippen molar-refractivity contribution in [3.8, 4) is 0 Å². The molecule has 7 nitrogen and oxygen atoms in total. The van der Waals surface area contributed by atoms with Gasteiger partial charge in [-0.05, 0) is 26.8 Å². The van der Waals surface area contributed by atoms with Crippen molar-refractivity contribution in [2.24, 2.45) is 0 Å². The summed E-state index contributed by atoms with van der Waals surface area (Å²) < 4.78 is 0. The molecule has 1 fully saturated rings. The first kappa shape index (κ1) is 15.8. The molecule has 8 heteroatoms. The molecule has 0 unspecified atom stereocenters. The van der Waals surface area contributed by atoms with Crippen LogP contribution in [0.4, 0.5) is 10.9 Å². The monoisotopic (exact) mass is 332 g/mol. The Labute approximate surface area is 139 Å². The molecule has 3 heterocycles. The van der Waals surface area contributed by atoms with Gasteiger partial charge >= 0.3 is 0 Å². The molecule has 0 aliphatic carbocycles. The standard InChI is InChI=1S/C15H20N6OS/c1-10-18-11(8-13(19-10)20-15-17-5-7-23-15)12-4-3-6-21(12)14(22)9-16-2/h5,7-8,12,16H,3-4,6,9H2,1-2H3,(H,17,18,19,20)/t12-/m1/s1. The number of amides is 1. The van der Waals surface area contributed by atoms with Crippen LogP contribution in [0.15, 0.2) is 17.6 Å². The lowest BCUT2D eigenvalue weighted by Gasteiger charge is -2.24. The van der Waals surface area contributed by atoms with Crippen LogP contribution < -0.4 is 10.6 Å². The van der Waals surface area contributed by atoms with Gasteiger partial charge in [-0.1, -0.05) is 0 Å². The Hall–Kier alpha value is -2.06.